The Balaban J connectivity index is 1.57. The Bertz CT molecular complexity index is 861. The van der Waals surface area contributed by atoms with Crippen molar-refractivity contribution in [2.45, 2.75) is 38.8 Å². The molecule has 0 heterocycles. The van der Waals surface area contributed by atoms with Gasteiger partial charge in [-0.05, 0) is 40.4 Å². The molecule has 146 valence electrons. The van der Waals surface area contributed by atoms with Crippen molar-refractivity contribution in [1.29, 1.82) is 0 Å². The second-order valence-corrected chi connectivity index (χ2v) is 8.81. The average Bonchev–Trinajstić information content (AvgIpc) is 2.74. The van der Waals surface area contributed by atoms with Gasteiger partial charge in [-0.1, -0.05) is 101 Å². The quantitative estimate of drug-likeness (QED) is 0.501. The summed E-state index contributed by atoms with van der Waals surface area (Å²) in [6, 6.07) is 27.4. The molecule has 0 saturated heterocycles. The van der Waals surface area contributed by atoms with Gasteiger partial charge in [0.05, 0.1) is 6.10 Å². The Morgan fingerprint density at radius 2 is 1.46 bits per heavy atom. The van der Waals surface area contributed by atoms with Crippen LogP contribution in [0.25, 0.3) is 11.1 Å². The van der Waals surface area contributed by atoms with Crippen molar-refractivity contribution in [3.8, 4) is 11.1 Å². The second kappa shape index (κ2) is 9.98. The summed E-state index contributed by atoms with van der Waals surface area (Å²) >= 11 is 0. The highest BCUT2D eigenvalue weighted by atomic mass is 31.1. The molecule has 0 aliphatic rings. The molecule has 0 bridgehead atoms. The Hall–Kier alpha value is -1.99. The maximum Gasteiger partial charge on any atom is 0.0940 e. The number of rotatable bonds is 8. The molecule has 0 radical (unpaired) electrons. The van der Waals surface area contributed by atoms with E-state index in [2.05, 4.69) is 67.7 Å². The van der Waals surface area contributed by atoms with Crippen LogP contribution in [0.5, 0.6) is 0 Å². The van der Waals surface area contributed by atoms with Gasteiger partial charge in [0.1, 0.15) is 0 Å². The van der Waals surface area contributed by atoms with E-state index in [-0.39, 0.29) is 6.04 Å². The van der Waals surface area contributed by atoms with Crippen LogP contribution in [-0.4, -0.2) is 17.4 Å². The molecule has 0 fully saturated rings. The van der Waals surface area contributed by atoms with Crippen LogP contribution in [0.2, 0.25) is 0 Å². The van der Waals surface area contributed by atoms with Crippen molar-refractivity contribution in [1.82, 2.24) is 5.32 Å². The summed E-state index contributed by atoms with van der Waals surface area (Å²) in [5, 5.41) is 15.3. The summed E-state index contributed by atoms with van der Waals surface area (Å²) in [4.78, 5) is 0. The number of aliphatic hydroxyl groups excluding tert-OH is 1. The lowest BCUT2D eigenvalue weighted by atomic mass is 9.93. The van der Waals surface area contributed by atoms with Gasteiger partial charge < -0.3 is 10.4 Å². The van der Waals surface area contributed by atoms with Crippen LogP contribution in [-0.2, 0) is 0 Å². The Morgan fingerprint density at radius 3 is 2.14 bits per heavy atom. The van der Waals surface area contributed by atoms with Crippen molar-refractivity contribution in [3.63, 3.8) is 0 Å². The first-order valence-electron chi connectivity index (χ1n) is 9.96. The Morgan fingerprint density at radius 1 is 0.821 bits per heavy atom. The van der Waals surface area contributed by atoms with E-state index in [9.17, 15) is 5.11 Å². The van der Waals surface area contributed by atoms with E-state index in [1.165, 1.54) is 22.0 Å². The van der Waals surface area contributed by atoms with Gasteiger partial charge in [0.25, 0.3) is 0 Å². The fourth-order valence-corrected chi connectivity index (χ4v) is 4.43. The molecule has 2 N–H and O–H groups in total. The van der Waals surface area contributed by atoms with E-state index >= 15 is 0 Å². The largest absolute Gasteiger partial charge is 0.387 e. The SMILES string of the molecule is CC(C)c1ccccc1-c1ccc(PCN[C@@H](C)[C@H](O)c2ccccc2)cc1. The first-order chi connectivity index (χ1) is 13.6. The van der Waals surface area contributed by atoms with Gasteiger partial charge in [-0.25, -0.2) is 0 Å². The molecule has 1 unspecified atom stereocenters. The zero-order valence-corrected chi connectivity index (χ0v) is 17.9. The predicted octanol–water partition coefficient (Wildman–Crippen LogP) is 5.45. The summed E-state index contributed by atoms with van der Waals surface area (Å²) < 4.78 is 0. The third-order valence-corrected chi connectivity index (χ3v) is 6.23. The van der Waals surface area contributed by atoms with Crippen LogP contribution < -0.4 is 10.6 Å². The molecule has 3 aromatic rings. The van der Waals surface area contributed by atoms with Gasteiger partial charge in [0.15, 0.2) is 0 Å². The van der Waals surface area contributed by atoms with E-state index in [4.69, 9.17) is 0 Å². The van der Waals surface area contributed by atoms with Crippen LogP contribution in [0.4, 0.5) is 0 Å². The van der Waals surface area contributed by atoms with Gasteiger partial charge in [-0.15, -0.1) is 0 Å². The van der Waals surface area contributed by atoms with Crippen LogP contribution in [0.15, 0.2) is 78.9 Å². The normalized spacial score (nSPS) is 13.9. The molecule has 0 spiro atoms. The minimum atomic E-state index is -0.485. The lowest BCUT2D eigenvalue weighted by Gasteiger charge is -2.20. The van der Waals surface area contributed by atoms with Crippen LogP contribution in [0.3, 0.4) is 0 Å². The topological polar surface area (TPSA) is 32.3 Å². The monoisotopic (exact) mass is 391 g/mol. The summed E-state index contributed by atoms with van der Waals surface area (Å²) in [6.45, 7) is 6.52. The molecule has 0 aliphatic heterocycles. The summed E-state index contributed by atoms with van der Waals surface area (Å²) in [6.07, 6.45) is 0.383. The molecular weight excluding hydrogens is 361 g/mol. The van der Waals surface area contributed by atoms with Gasteiger partial charge in [0.2, 0.25) is 0 Å². The van der Waals surface area contributed by atoms with Gasteiger partial charge in [-0.2, -0.15) is 0 Å². The third kappa shape index (κ3) is 5.29. The maximum absolute atomic E-state index is 10.5. The van der Waals surface area contributed by atoms with E-state index < -0.39 is 6.10 Å². The Kier molecular flexibility index (Phi) is 7.39. The number of nitrogens with one attached hydrogen (secondary N) is 1. The highest BCUT2D eigenvalue weighted by molar-refractivity contribution is 7.47. The van der Waals surface area contributed by atoms with Gasteiger partial charge in [0, 0.05) is 12.3 Å². The molecule has 0 aliphatic carbocycles. The third-order valence-electron chi connectivity index (χ3n) is 5.11. The molecular formula is C25H30NOP. The predicted molar refractivity (Wildman–Crippen MR) is 123 cm³/mol. The van der Waals surface area contributed by atoms with Crippen molar-refractivity contribution >= 4 is 13.9 Å². The molecule has 0 saturated carbocycles. The van der Waals surface area contributed by atoms with E-state index in [0.717, 1.165) is 11.8 Å². The summed E-state index contributed by atoms with van der Waals surface area (Å²) in [7, 11) is 0.672. The van der Waals surface area contributed by atoms with Crippen LogP contribution in [0.1, 0.15) is 43.9 Å². The van der Waals surface area contributed by atoms with Gasteiger partial charge in [-0.3, -0.25) is 0 Å². The zero-order chi connectivity index (χ0) is 19.9. The molecule has 3 atom stereocenters. The average molecular weight is 391 g/mol. The lowest BCUT2D eigenvalue weighted by molar-refractivity contribution is 0.139. The zero-order valence-electron chi connectivity index (χ0n) is 16.9. The van der Waals surface area contributed by atoms with Crippen molar-refractivity contribution in [3.05, 3.63) is 90.0 Å². The number of aliphatic hydroxyl groups is 1. The van der Waals surface area contributed by atoms with E-state index in [0.29, 0.717) is 14.5 Å². The highest BCUT2D eigenvalue weighted by Gasteiger charge is 2.15. The molecule has 28 heavy (non-hydrogen) atoms. The fraction of sp³-hybridized carbons (Fsp3) is 0.280. The lowest BCUT2D eigenvalue weighted by Crippen LogP contribution is -2.32. The van der Waals surface area contributed by atoms with Crippen LogP contribution >= 0.6 is 8.58 Å². The molecule has 3 aromatic carbocycles. The molecule has 2 nitrogen and oxygen atoms in total. The fourth-order valence-electron chi connectivity index (χ4n) is 3.40. The first-order valence-corrected chi connectivity index (χ1v) is 11.2. The molecule has 0 amide bonds. The van der Waals surface area contributed by atoms with E-state index in [1.807, 2.05) is 37.3 Å². The summed E-state index contributed by atoms with van der Waals surface area (Å²) in [5.74, 6) is 0.513. The smallest absolute Gasteiger partial charge is 0.0940 e. The molecule has 3 rings (SSSR count). The standard InChI is InChI=1S/C25H30NOP/c1-18(2)23-11-7-8-12-24(23)20-13-15-22(16-14-20)28-17-26-19(3)25(27)21-9-5-4-6-10-21/h4-16,18-19,25-28H,17H2,1-3H3/t19-,25-/m0/s1. The number of hydrogen-bond acceptors (Lipinski definition) is 2. The minimum Gasteiger partial charge on any atom is -0.387 e. The molecule has 3 heteroatoms. The number of benzene rings is 3. The second-order valence-electron chi connectivity index (χ2n) is 7.52. The van der Waals surface area contributed by atoms with Gasteiger partial charge >= 0.3 is 0 Å². The highest BCUT2D eigenvalue weighted by Crippen LogP contribution is 2.29. The maximum atomic E-state index is 10.5. The van der Waals surface area contributed by atoms with Crippen molar-refractivity contribution in [2.24, 2.45) is 0 Å². The molecule has 0 aromatic heterocycles. The van der Waals surface area contributed by atoms with Crippen molar-refractivity contribution in [2.75, 3.05) is 6.29 Å². The summed E-state index contributed by atoms with van der Waals surface area (Å²) in [5.41, 5.74) is 4.95. The van der Waals surface area contributed by atoms with Crippen molar-refractivity contribution < 1.29 is 5.11 Å². The van der Waals surface area contributed by atoms with Crippen LogP contribution in [0, 0.1) is 0 Å². The minimum absolute atomic E-state index is 0.0205. The Labute approximate surface area is 170 Å². The first kappa shape index (κ1) is 20.7. The van der Waals surface area contributed by atoms with E-state index in [1.54, 1.807) is 0 Å². The number of hydrogen-bond donors (Lipinski definition) is 2.